The van der Waals surface area contributed by atoms with Crippen molar-refractivity contribution >= 4 is 0 Å². The third-order valence-electron chi connectivity index (χ3n) is 1.43. The fraction of sp³-hybridized carbons (Fsp3) is 1.00. The third kappa shape index (κ3) is 8.18. The molecule has 0 unspecified atom stereocenters. The molecule has 0 saturated heterocycles. The maximum absolute atomic E-state index is 5.34. The lowest BCUT2D eigenvalue weighted by molar-refractivity contribution is -0.142. The van der Waals surface area contributed by atoms with Gasteiger partial charge in [0.25, 0.3) is 0 Å². The van der Waals surface area contributed by atoms with Gasteiger partial charge in [0.15, 0.2) is 6.29 Å². The van der Waals surface area contributed by atoms with Gasteiger partial charge in [-0.05, 0) is 20.8 Å². The summed E-state index contributed by atoms with van der Waals surface area (Å²) in [5, 5.41) is 0. The lowest BCUT2D eigenvalue weighted by Crippen LogP contribution is -2.25. The van der Waals surface area contributed by atoms with E-state index in [0.29, 0.717) is 19.8 Å². The van der Waals surface area contributed by atoms with E-state index in [1.807, 2.05) is 20.8 Å². The van der Waals surface area contributed by atoms with Crippen LogP contribution in [0.25, 0.3) is 0 Å². The van der Waals surface area contributed by atoms with Crippen molar-refractivity contribution in [3.8, 4) is 0 Å². The minimum Gasteiger partial charge on any atom is -0.353 e. The second-order valence-corrected chi connectivity index (χ2v) is 2.46. The van der Waals surface area contributed by atoms with Crippen LogP contribution in [-0.2, 0) is 14.3 Å². The van der Waals surface area contributed by atoms with Gasteiger partial charge in [-0.3, -0.25) is 0 Å². The second kappa shape index (κ2) is 9.92. The number of hydrogen-bond donors (Lipinski definition) is 1. The Labute approximate surface area is 80.5 Å². The maximum atomic E-state index is 5.34. The van der Waals surface area contributed by atoms with E-state index >= 15 is 0 Å². The standard InChI is InChI=1S/C9H21NO3/c1-4-11-9(12-5-2)7-8-10-13-6-3/h9-10H,4-8H2,1-3H3. The van der Waals surface area contributed by atoms with Gasteiger partial charge in [-0.2, -0.15) is 0 Å². The molecule has 4 nitrogen and oxygen atoms in total. The van der Waals surface area contributed by atoms with Crippen LogP contribution in [0, 0.1) is 0 Å². The molecule has 0 bridgehead atoms. The average molecular weight is 191 g/mol. The summed E-state index contributed by atoms with van der Waals surface area (Å²) in [6.07, 6.45) is 0.699. The summed E-state index contributed by atoms with van der Waals surface area (Å²) >= 11 is 0. The highest BCUT2D eigenvalue weighted by Gasteiger charge is 2.06. The summed E-state index contributed by atoms with van der Waals surface area (Å²) in [7, 11) is 0. The molecule has 0 radical (unpaired) electrons. The predicted octanol–water partition coefficient (Wildman–Crippen LogP) is 1.32. The minimum absolute atomic E-state index is 0.108. The normalized spacial score (nSPS) is 11.1. The van der Waals surface area contributed by atoms with Gasteiger partial charge >= 0.3 is 0 Å². The SMILES string of the molecule is CCONCCC(OCC)OCC. The fourth-order valence-corrected chi connectivity index (χ4v) is 0.938. The van der Waals surface area contributed by atoms with Crippen molar-refractivity contribution in [1.82, 2.24) is 5.48 Å². The Morgan fingerprint density at radius 2 is 1.62 bits per heavy atom. The third-order valence-corrected chi connectivity index (χ3v) is 1.43. The van der Waals surface area contributed by atoms with Gasteiger partial charge in [-0.15, -0.1) is 0 Å². The summed E-state index contributed by atoms with van der Waals surface area (Å²) in [4.78, 5) is 4.98. The van der Waals surface area contributed by atoms with Crippen LogP contribution in [0.4, 0.5) is 0 Å². The first-order valence-corrected chi connectivity index (χ1v) is 4.92. The minimum atomic E-state index is -0.108. The number of hydroxylamine groups is 1. The Hall–Kier alpha value is -0.160. The van der Waals surface area contributed by atoms with Crippen molar-refractivity contribution in [3.05, 3.63) is 0 Å². The van der Waals surface area contributed by atoms with E-state index in [0.717, 1.165) is 13.0 Å². The second-order valence-electron chi connectivity index (χ2n) is 2.46. The van der Waals surface area contributed by atoms with E-state index in [2.05, 4.69) is 5.48 Å². The first kappa shape index (κ1) is 12.8. The Morgan fingerprint density at radius 3 is 2.08 bits per heavy atom. The van der Waals surface area contributed by atoms with Gasteiger partial charge in [-0.1, -0.05) is 0 Å². The molecule has 0 aliphatic heterocycles. The molecule has 0 saturated carbocycles. The fourth-order valence-electron chi connectivity index (χ4n) is 0.938. The smallest absolute Gasteiger partial charge is 0.158 e. The van der Waals surface area contributed by atoms with Gasteiger partial charge in [-0.25, -0.2) is 5.48 Å². The topological polar surface area (TPSA) is 39.7 Å². The Bertz CT molecular complexity index is 94.9. The van der Waals surface area contributed by atoms with Crippen molar-refractivity contribution in [2.75, 3.05) is 26.4 Å². The molecule has 0 amide bonds. The van der Waals surface area contributed by atoms with Crippen molar-refractivity contribution in [1.29, 1.82) is 0 Å². The molecule has 0 aliphatic rings. The van der Waals surface area contributed by atoms with Crippen molar-refractivity contribution in [2.24, 2.45) is 0 Å². The van der Waals surface area contributed by atoms with Crippen LogP contribution >= 0.6 is 0 Å². The van der Waals surface area contributed by atoms with E-state index in [-0.39, 0.29) is 6.29 Å². The first-order valence-electron chi connectivity index (χ1n) is 4.92. The number of rotatable bonds is 9. The highest BCUT2D eigenvalue weighted by atomic mass is 16.7. The zero-order chi connectivity index (χ0) is 9.94. The summed E-state index contributed by atoms with van der Waals surface area (Å²) < 4.78 is 10.7. The van der Waals surface area contributed by atoms with Crippen LogP contribution in [0.5, 0.6) is 0 Å². The van der Waals surface area contributed by atoms with Crippen LogP contribution in [0.2, 0.25) is 0 Å². The molecule has 0 heterocycles. The van der Waals surface area contributed by atoms with Gasteiger partial charge < -0.3 is 14.3 Å². The number of hydrogen-bond acceptors (Lipinski definition) is 4. The van der Waals surface area contributed by atoms with E-state index in [1.165, 1.54) is 0 Å². The molecule has 1 N–H and O–H groups in total. The van der Waals surface area contributed by atoms with E-state index < -0.39 is 0 Å². The molecule has 0 aromatic carbocycles. The largest absolute Gasteiger partial charge is 0.353 e. The van der Waals surface area contributed by atoms with Crippen molar-refractivity contribution in [3.63, 3.8) is 0 Å². The van der Waals surface area contributed by atoms with Gasteiger partial charge in [0, 0.05) is 26.2 Å². The molecule has 0 aliphatic carbocycles. The zero-order valence-corrected chi connectivity index (χ0v) is 8.84. The van der Waals surface area contributed by atoms with Crippen LogP contribution in [-0.4, -0.2) is 32.7 Å². The van der Waals surface area contributed by atoms with E-state index in [9.17, 15) is 0 Å². The summed E-state index contributed by atoms with van der Waals surface area (Å²) in [5.74, 6) is 0. The first-order chi connectivity index (χ1) is 6.35. The van der Waals surface area contributed by atoms with Crippen LogP contribution in [0.15, 0.2) is 0 Å². The molecule has 0 atom stereocenters. The number of nitrogens with one attached hydrogen (secondary N) is 1. The molecule has 13 heavy (non-hydrogen) atoms. The lowest BCUT2D eigenvalue weighted by Gasteiger charge is -2.16. The number of ether oxygens (including phenoxy) is 2. The average Bonchev–Trinajstić information content (AvgIpc) is 2.13. The highest BCUT2D eigenvalue weighted by Crippen LogP contribution is 1.99. The molecule has 4 heteroatoms. The summed E-state index contributed by atoms with van der Waals surface area (Å²) in [5.41, 5.74) is 2.82. The van der Waals surface area contributed by atoms with Crippen LogP contribution in [0.3, 0.4) is 0 Å². The summed E-state index contributed by atoms with van der Waals surface area (Å²) in [6.45, 7) is 8.64. The molecule has 0 rings (SSSR count). The van der Waals surface area contributed by atoms with E-state index in [4.69, 9.17) is 14.3 Å². The quantitative estimate of drug-likeness (QED) is 0.339. The van der Waals surface area contributed by atoms with Crippen molar-refractivity contribution in [2.45, 2.75) is 33.5 Å². The molecule has 0 aromatic heterocycles. The molecular formula is C9H21NO3. The molecule has 0 aromatic rings. The highest BCUT2D eigenvalue weighted by molar-refractivity contribution is 4.45. The van der Waals surface area contributed by atoms with Crippen LogP contribution < -0.4 is 5.48 Å². The predicted molar refractivity (Wildman–Crippen MR) is 51.3 cm³/mol. The van der Waals surface area contributed by atoms with Crippen molar-refractivity contribution < 1.29 is 14.3 Å². The van der Waals surface area contributed by atoms with Gasteiger partial charge in [0.05, 0.1) is 6.61 Å². The van der Waals surface area contributed by atoms with E-state index in [1.54, 1.807) is 0 Å². The van der Waals surface area contributed by atoms with Gasteiger partial charge in [0.2, 0.25) is 0 Å². The van der Waals surface area contributed by atoms with Gasteiger partial charge in [0.1, 0.15) is 0 Å². The Balaban J connectivity index is 3.33. The molecular weight excluding hydrogens is 170 g/mol. The molecule has 0 spiro atoms. The Morgan fingerprint density at radius 1 is 1.00 bits per heavy atom. The van der Waals surface area contributed by atoms with Crippen LogP contribution in [0.1, 0.15) is 27.2 Å². The zero-order valence-electron chi connectivity index (χ0n) is 8.84. The molecule has 0 fully saturated rings. The Kier molecular flexibility index (Phi) is 9.80. The lowest BCUT2D eigenvalue weighted by atomic mass is 10.4. The maximum Gasteiger partial charge on any atom is 0.158 e. The molecule has 80 valence electrons. The summed E-state index contributed by atoms with van der Waals surface area (Å²) in [6, 6.07) is 0. The monoisotopic (exact) mass is 191 g/mol.